The van der Waals surface area contributed by atoms with Gasteiger partial charge in [-0.15, -0.1) is 0 Å². The number of hydrogen-bond acceptors (Lipinski definition) is 3. The molecule has 104 valence electrons. The van der Waals surface area contributed by atoms with E-state index in [0.29, 0.717) is 17.4 Å². The van der Waals surface area contributed by atoms with Crippen molar-refractivity contribution in [2.24, 2.45) is 11.8 Å². The molecule has 1 aliphatic rings. The van der Waals surface area contributed by atoms with Crippen LogP contribution in [0, 0.1) is 11.8 Å². The Labute approximate surface area is 113 Å². The molecule has 1 fully saturated rings. The van der Waals surface area contributed by atoms with Crippen LogP contribution in [0.2, 0.25) is 0 Å². The van der Waals surface area contributed by atoms with Crippen LogP contribution in [0.3, 0.4) is 0 Å². The predicted molar refractivity (Wildman–Crippen MR) is 74.4 cm³/mol. The van der Waals surface area contributed by atoms with Crippen LogP contribution in [0.15, 0.2) is 24.3 Å². The highest BCUT2D eigenvalue weighted by Gasteiger charge is 2.23. The Hall–Kier alpha value is -1.55. The highest BCUT2D eigenvalue weighted by molar-refractivity contribution is 5.87. The molecule has 0 bridgehead atoms. The van der Waals surface area contributed by atoms with E-state index in [-0.39, 0.29) is 6.61 Å². The molecule has 2 rings (SSSR count). The second-order valence-electron chi connectivity index (χ2n) is 5.25. The number of carboxylic acid groups (broad SMARTS) is 1. The molecule has 0 spiro atoms. The van der Waals surface area contributed by atoms with Crippen molar-refractivity contribution in [2.45, 2.75) is 25.7 Å². The van der Waals surface area contributed by atoms with Gasteiger partial charge in [-0.05, 0) is 48.9 Å². The number of aliphatic hydroxyl groups excluding tert-OH is 1. The molecule has 0 radical (unpaired) electrons. The summed E-state index contributed by atoms with van der Waals surface area (Å²) in [7, 11) is 0. The first-order valence-corrected chi connectivity index (χ1v) is 6.89. The Bertz CT molecular complexity index is 416. The van der Waals surface area contributed by atoms with Crippen molar-refractivity contribution >= 4 is 11.7 Å². The summed E-state index contributed by atoms with van der Waals surface area (Å²) in [6.07, 6.45) is 4.72. The Balaban J connectivity index is 1.88. The summed E-state index contributed by atoms with van der Waals surface area (Å²) in [6, 6.07) is 6.80. The van der Waals surface area contributed by atoms with Crippen LogP contribution in [0.4, 0.5) is 5.69 Å². The number of aliphatic hydroxyl groups is 1. The van der Waals surface area contributed by atoms with Crippen LogP contribution in [-0.4, -0.2) is 29.3 Å². The largest absolute Gasteiger partial charge is 0.478 e. The monoisotopic (exact) mass is 263 g/mol. The Morgan fingerprint density at radius 1 is 1.16 bits per heavy atom. The lowest BCUT2D eigenvalue weighted by atomic mass is 9.79. The summed E-state index contributed by atoms with van der Waals surface area (Å²) >= 11 is 0. The lowest BCUT2D eigenvalue weighted by Crippen LogP contribution is -2.28. The minimum atomic E-state index is -0.904. The van der Waals surface area contributed by atoms with Crippen LogP contribution >= 0.6 is 0 Å². The summed E-state index contributed by atoms with van der Waals surface area (Å²) in [5.74, 6) is 0.0108. The van der Waals surface area contributed by atoms with Gasteiger partial charge in [-0.2, -0.15) is 0 Å². The van der Waals surface area contributed by atoms with E-state index in [1.54, 1.807) is 24.3 Å². The van der Waals surface area contributed by atoms with Crippen LogP contribution in [0.25, 0.3) is 0 Å². The maximum atomic E-state index is 10.8. The maximum absolute atomic E-state index is 10.8. The van der Waals surface area contributed by atoms with Gasteiger partial charge in [0.05, 0.1) is 5.56 Å². The molecule has 0 aromatic heterocycles. The fourth-order valence-corrected chi connectivity index (χ4v) is 2.77. The van der Waals surface area contributed by atoms with Gasteiger partial charge < -0.3 is 15.5 Å². The number of carbonyl (C=O) groups is 1. The van der Waals surface area contributed by atoms with Crippen molar-refractivity contribution in [3.63, 3.8) is 0 Å². The Kier molecular flexibility index (Phi) is 4.80. The van der Waals surface area contributed by atoms with Gasteiger partial charge in [-0.3, -0.25) is 0 Å². The molecular weight excluding hydrogens is 242 g/mol. The van der Waals surface area contributed by atoms with Crippen LogP contribution in [0.1, 0.15) is 36.0 Å². The second kappa shape index (κ2) is 6.57. The number of nitrogens with one attached hydrogen (secondary N) is 1. The maximum Gasteiger partial charge on any atom is 0.335 e. The first-order valence-electron chi connectivity index (χ1n) is 6.89. The van der Waals surface area contributed by atoms with Crippen molar-refractivity contribution in [2.75, 3.05) is 18.5 Å². The van der Waals surface area contributed by atoms with Gasteiger partial charge in [0.25, 0.3) is 0 Å². The van der Waals surface area contributed by atoms with E-state index >= 15 is 0 Å². The number of rotatable bonds is 5. The first kappa shape index (κ1) is 13.9. The van der Waals surface area contributed by atoms with E-state index in [0.717, 1.165) is 25.1 Å². The van der Waals surface area contributed by atoms with E-state index in [2.05, 4.69) is 5.32 Å². The van der Waals surface area contributed by atoms with Crippen molar-refractivity contribution < 1.29 is 15.0 Å². The summed E-state index contributed by atoms with van der Waals surface area (Å²) in [5, 5.41) is 21.5. The third-order valence-electron chi connectivity index (χ3n) is 4.00. The zero-order valence-electron chi connectivity index (χ0n) is 11.0. The average molecular weight is 263 g/mol. The SMILES string of the molecule is O=C(O)c1ccc(NCC2CCCCC2CO)cc1. The van der Waals surface area contributed by atoms with Crippen molar-refractivity contribution in [3.05, 3.63) is 29.8 Å². The molecule has 1 aliphatic carbocycles. The topological polar surface area (TPSA) is 69.6 Å². The van der Waals surface area contributed by atoms with Gasteiger partial charge in [0.2, 0.25) is 0 Å². The third-order valence-corrected chi connectivity index (χ3v) is 4.00. The van der Waals surface area contributed by atoms with Gasteiger partial charge in [0, 0.05) is 18.8 Å². The molecule has 1 saturated carbocycles. The molecule has 2 atom stereocenters. The average Bonchev–Trinajstić information content (AvgIpc) is 2.45. The number of aromatic carboxylic acids is 1. The molecule has 1 aromatic rings. The van der Waals surface area contributed by atoms with E-state index < -0.39 is 5.97 Å². The van der Waals surface area contributed by atoms with Gasteiger partial charge in [-0.25, -0.2) is 4.79 Å². The molecule has 2 unspecified atom stereocenters. The lowest BCUT2D eigenvalue weighted by molar-refractivity contribution is 0.0697. The normalized spacial score (nSPS) is 23.0. The highest BCUT2D eigenvalue weighted by atomic mass is 16.4. The number of hydrogen-bond donors (Lipinski definition) is 3. The fourth-order valence-electron chi connectivity index (χ4n) is 2.77. The van der Waals surface area contributed by atoms with Crippen LogP contribution in [-0.2, 0) is 0 Å². The van der Waals surface area contributed by atoms with E-state index in [9.17, 15) is 9.90 Å². The van der Waals surface area contributed by atoms with Crippen molar-refractivity contribution in [3.8, 4) is 0 Å². The Morgan fingerprint density at radius 2 is 1.79 bits per heavy atom. The lowest BCUT2D eigenvalue weighted by Gasteiger charge is -2.30. The van der Waals surface area contributed by atoms with E-state index in [1.807, 2.05) is 0 Å². The van der Waals surface area contributed by atoms with Gasteiger partial charge in [-0.1, -0.05) is 12.8 Å². The van der Waals surface area contributed by atoms with Crippen molar-refractivity contribution in [1.82, 2.24) is 0 Å². The number of carboxylic acids is 1. The highest BCUT2D eigenvalue weighted by Crippen LogP contribution is 2.29. The zero-order valence-corrected chi connectivity index (χ0v) is 11.0. The van der Waals surface area contributed by atoms with Crippen LogP contribution < -0.4 is 5.32 Å². The molecule has 1 aromatic carbocycles. The van der Waals surface area contributed by atoms with E-state index in [4.69, 9.17) is 5.11 Å². The summed E-state index contributed by atoms with van der Waals surface area (Å²) in [4.78, 5) is 10.8. The summed E-state index contributed by atoms with van der Waals surface area (Å²) in [5.41, 5.74) is 1.24. The van der Waals surface area contributed by atoms with Crippen LogP contribution in [0.5, 0.6) is 0 Å². The molecule has 4 nitrogen and oxygen atoms in total. The summed E-state index contributed by atoms with van der Waals surface area (Å²) in [6.45, 7) is 1.11. The van der Waals surface area contributed by atoms with Crippen molar-refractivity contribution in [1.29, 1.82) is 0 Å². The number of benzene rings is 1. The minimum absolute atomic E-state index is 0.268. The molecule has 0 amide bonds. The van der Waals surface area contributed by atoms with E-state index in [1.165, 1.54) is 12.8 Å². The van der Waals surface area contributed by atoms with Gasteiger partial charge >= 0.3 is 5.97 Å². The molecule has 0 heterocycles. The Morgan fingerprint density at radius 3 is 2.37 bits per heavy atom. The fraction of sp³-hybridized carbons (Fsp3) is 0.533. The number of anilines is 1. The third kappa shape index (κ3) is 3.70. The van der Waals surface area contributed by atoms with Gasteiger partial charge in [0.15, 0.2) is 0 Å². The molecule has 0 saturated heterocycles. The van der Waals surface area contributed by atoms with Gasteiger partial charge in [0.1, 0.15) is 0 Å². The second-order valence-corrected chi connectivity index (χ2v) is 5.25. The standard InChI is InChI=1S/C15H21NO3/c17-10-13-4-2-1-3-12(13)9-16-14-7-5-11(6-8-14)15(18)19/h5-8,12-13,16-17H,1-4,9-10H2,(H,18,19). The molecule has 19 heavy (non-hydrogen) atoms. The molecule has 4 heteroatoms. The zero-order chi connectivity index (χ0) is 13.7. The quantitative estimate of drug-likeness (QED) is 0.763. The smallest absolute Gasteiger partial charge is 0.335 e. The first-order chi connectivity index (χ1) is 9.20. The molecule has 3 N–H and O–H groups in total. The molecule has 0 aliphatic heterocycles. The predicted octanol–water partition coefficient (Wildman–Crippen LogP) is 2.60. The molecular formula is C15H21NO3. The summed E-state index contributed by atoms with van der Waals surface area (Å²) < 4.78 is 0. The minimum Gasteiger partial charge on any atom is -0.478 e.